The van der Waals surface area contributed by atoms with Crippen molar-refractivity contribution < 1.29 is 9.53 Å². The predicted molar refractivity (Wildman–Crippen MR) is 179 cm³/mol. The van der Waals surface area contributed by atoms with Crippen molar-refractivity contribution in [3.05, 3.63) is 12.2 Å². The van der Waals surface area contributed by atoms with Crippen LogP contribution >= 0.6 is 0 Å². The summed E-state index contributed by atoms with van der Waals surface area (Å²) in [6.07, 6.45) is 44.1. The number of hydrogen-bond acceptors (Lipinski definition) is 2. The van der Waals surface area contributed by atoms with Crippen LogP contribution < -0.4 is 0 Å². The van der Waals surface area contributed by atoms with E-state index in [1.54, 1.807) is 0 Å². The topological polar surface area (TPSA) is 26.3 Å². The molecule has 2 nitrogen and oxygen atoms in total. The van der Waals surface area contributed by atoms with E-state index in [2.05, 4.69) is 32.9 Å². The number of carbonyl (C=O) groups is 1. The first-order valence-corrected chi connectivity index (χ1v) is 18.5. The molecule has 0 radical (unpaired) electrons. The second kappa shape index (κ2) is 34.4. The number of rotatable bonds is 33. The molecule has 1 atom stereocenters. The van der Waals surface area contributed by atoms with Crippen molar-refractivity contribution in [2.24, 2.45) is 5.92 Å². The summed E-state index contributed by atoms with van der Waals surface area (Å²) < 4.78 is 5.45. The Kier molecular flexibility index (Phi) is 33.7. The van der Waals surface area contributed by atoms with E-state index in [1.807, 2.05) is 0 Å². The Morgan fingerprint density at radius 2 is 0.925 bits per heavy atom. The fraction of sp³-hybridized carbons (Fsp3) is 0.921. The summed E-state index contributed by atoms with van der Waals surface area (Å²) in [4.78, 5) is 11.9. The fourth-order valence-corrected chi connectivity index (χ4v) is 5.52. The van der Waals surface area contributed by atoms with E-state index >= 15 is 0 Å². The Labute approximate surface area is 253 Å². The first-order chi connectivity index (χ1) is 19.7. The van der Waals surface area contributed by atoms with Crippen LogP contribution in [0.5, 0.6) is 0 Å². The first kappa shape index (κ1) is 39.2. The minimum Gasteiger partial charge on any atom is -0.466 e. The molecule has 0 rings (SSSR count). The van der Waals surface area contributed by atoms with Crippen LogP contribution in [0, 0.1) is 5.92 Å². The fourth-order valence-electron chi connectivity index (χ4n) is 5.52. The Hall–Kier alpha value is -0.790. The van der Waals surface area contributed by atoms with Gasteiger partial charge in [-0.2, -0.15) is 0 Å². The maximum Gasteiger partial charge on any atom is 0.305 e. The molecule has 0 aromatic carbocycles. The van der Waals surface area contributed by atoms with Gasteiger partial charge in [0.2, 0.25) is 0 Å². The third-order valence-corrected chi connectivity index (χ3v) is 8.69. The molecular formula is C38H74O2. The van der Waals surface area contributed by atoms with Crippen molar-refractivity contribution in [3.63, 3.8) is 0 Å². The van der Waals surface area contributed by atoms with E-state index in [4.69, 9.17) is 4.74 Å². The molecule has 0 N–H and O–H groups in total. The summed E-state index contributed by atoms with van der Waals surface area (Å²) in [6.45, 7) is 7.60. The summed E-state index contributed by atoms with van der Waals surface area (Å²) in [7, 11) is 0. The normalized spacial score (nSPS) is 12.4. The lowest BCUT2D eigenvalue weighted by Gasteiger charge is -2.07. The smallest absolute Gasteiger partial charge is 0.305 e. The highest BCUT2D eigenvalue weighted by Crippen LogP contribution is 2.16. The van der Waals surface area contributed by atoms with Crippen LogP contribution in [-0.4, -0.2) is 12.6 Å². The van der Waals surface area contributed by atoms with Crippen LogP contribution in [0.2, 0.25) is 0 Å². The molecule has 40 heavy (non-hydrogen) atoms. The van der Waals surface area contributed by atoms with Gasteiger partial charge in [-0.15, -0.1) is 0 Å². The van der Waals surface area contributed by atoms with E-state index in [0.717, 1.165) is 18.8 Å². The van der Waals surface area contributed by atoms with Crippen molar-refractivity contribution in [2.75, 3.05) is 6.61 Å². The Morgan fingerprint density at radius 3 is 1.40 bits per heavy atom. The van der Waals surface area contributed by atoms with Gasteiger partial charge in [0.15, 0.2) is 0 Å². The maximum atomic E-state index is 11.9. The van der Waals surface area contributed by atoms with Crippen molar-refractivity contribution >= 4 is 5.97 Å². The predicted octanol–water partition coefficient (Wildman–Crippen LogP) is 13.5. The van der Waals surface area contributed by atoms with Crippen LogP contribution in [0.3, 0.4) is 0 Å². The minimum absolute atomic E-state index is 0.0230. The van der Waals surface area contributed by atoms with Gasteiger partial charge in [-0.3, -0.25) is 4.79 Å². The molecule has 0 heterocycles. The molecule has 0 fully saturated rings. The van der Waals surface area contributed by atoms with Gasteiger partial charge in [0.25, 0.3) is 0 Å². The molecule has 0 aliphatic rings. The van der Waals surface area contributed by atoms with E-state index in [0.29, 0.717) is 13.0 Å². The number of hydrogen-bond donors (Lipinski definition) is 0. The van der Waals surface area contributed by atoms with E-state index in [-0.39, 0.29) is 5.97 Å². The SMILES string of the molecule is CCCCCCC=CCCCCCCCCCCCC(=O)OCCCCCCCCCCCCCCC(C)CC. The number of unbranched alkanes of at least 4 members (excludes halogenated alkanes) is 24. The first-order valence-electron chi connectivity index (χ1n) is 18.5. The molecule has 0 saturated carbocycles. The molecule has 0 aromatic rings. The highest BCUT2D eigenvalue weighted by molar-refractivity contribution is 5.69. The zero-order valence-electron chi connectivity index (χ0n) is 28.0. The Bertz CT molecular complexity index is 512. The zero-order valence-corrected chi connectivity index (χ0v) is 28.0. The molecule has 1 unspecified atom stereocenters. The van der Waals surface area contributed by atoms with E-state index in [1.165, 1.54) is 173 Å². The number of ether oxygens (including phenoxy) is 1. The molecule has 0 saturated heterocycles. The summed E-state index contributed by atoms with van der Waals surface area (Å²) in [6, 6.07) is 0. The standard InChI is InChI=1S/C38H74O2/c1-4-6-7-8-9-10-11-12-13-14-15-16-20-23-26-29-32-35-38(39)40-36-33-30-27-24-21-18-17-19-22-25-28-31-34-37(3)5-2/h10-11,37H,4-9,12-36H2,1-3H3. The third-order valence-electron chi connectivity index (χ3n) is 8.69. The van der Waals surface area contributed by atoms with Crippen molar-refractivity contribution in [1.82, 2.24) is 0 Å². The van der Waals surface area contributed by atoms with E-state index < -0.39 is 0 Å². The van der Waals surface area contributed by atoms with Crippen molar-refractivity contribution in [1.29, 1.82) is 0 Å². The second-order valence-electron chi connectivity index (χ2n) is 12.8. The molecule has 0 spiro atoms. The van der Waals surface area contributed by atoms with Crippen LogP contribution in [0.4, 0.5) is 0 Å². The van der Waals surface area contributed by atoms with E-state index in [9.17, 15) is 4.79 Å². The maximum absolute atomic E-state index is 11.9. The molecule has 0 aliphatic carbocycles. The molecule has 0 aliphatic heterocycles. The summed E-state index contributed by atoms with van der Waals surface area (Å²) in [5.41, 5.74) is 0. The van der Waals surface area contributed by atoms with Gasteiger partial charge in [0.1, 0.15) is 0 Å². The van der Waals surface area contributed by atoms with Gasteiger partial charge in [0, 0.05) is 6.42 Å². The lowest BCUT2D eigenvalue weighted by atomic mass is 9.99. The third kappa shape index (κ3) is 33.4. The van der Waals surface area contributed by atoms with Gasteiger partial charge in [-0.05, 0) is 44.4 Å². The van der Waals surface area contributed by atoms with Crippen LogP contribution in [0.15, 0.2) is 12.2 Å². The van der Waals surface area contributed by atoms with Crippen molar-refractivity contribution in [3.8, 4) is 0 Å². The van der Waals surface area contributed by atoms with Gasteiger partial charge in [-0.25, -0.2) is 0 Å². The largest absolute Gasteiger partial charge is 0.466 e. The van der Waals surface area contributed by atoms with Gasteiger partial charge >= 0.3 is 5.97 Å². The Balaban J connectivity index is 3.19. The highest BCUT2D eigenvalue weighted by Gasteiger charge is 2.03. The van der Waals surface area contributed by atoms with Crippen LogP contribution in [0.1, 0.15) is 213 Å². The lowest BCUT2D eigenvalue weighted by molar-refractivity contribution is -0.143. The number of allylic oxidation sites excluding steroid dienone is 2. The van der Waals surface area contributed by atoms with Crippen LogP contribution in [0.25, 0.3) is 0 Å². The zero-order chi connectivity index (χ0) is 29.2. The summed E-state index contributed by atoms with van der Waals surface area (Å²) in [5, 5.41) is 0. The molecule has 0 aromatic heterocycles. The average molecular weight is 563 g/mol. The molecule has 238 valence electrons. The highest BCUT2D eigenvalue weighted by atomic mass is 16.5. The quantitative estimate of drug-likeness (QED) is 0.0451. The summed E-state index contributed by atoms with van der Waals surface area (Å²) in [5.74, 6) is 0.944. The monoisotopic (exact) mass is 563 g/mol. The summed E-state index contributed by atoms with van der Waals surface area (Å²) >= 11 is 0. The van der Waals surface area contributed by atoms with Crippen molar-refractivity contribution in [2.45, 2.75) is 213 Å². The van der Waals surface area contributed by atoms with Gasteiger partial charge in [0.05, 0.1) is 6.61 Å². The van der Waals surface area contributed by atoms with Gasteiger partial charge < -0.3 is 4.74 Å². The number of carbonyl (C=O) groups excluding carboxylic acids is 1. The molecular weight excluding hydrogens is 488 g/mol. The van der Waals surface area contributed by atoms with Crippen LogP contribution in [-0.2, 0) is 9.53 Å². The van der Waals surface area contributed by atoms with Gasteiger partial charge in [-0.1, -0.05) is 181 Å². The molecule has 0 bridgehead atoms. The Morgan fingerprint density at radius 1 is 0.525 bits per heavy atom. The lowest BCUT2D eigenvalue weighted by Crippen LogP contribution is -2.05. The molecule has 0 amide bonds. The molecule has 2 heteroatoms. The average Bonchev–Trinajstić information content (AvgIpc) is 2.96. The number of esters is 1. The minimum atomic E-state index is 0.0230. The second-order valence-corrected chi connectivity index (χ2v) is 12.8.